The van der Waals surface area contributed by atoms with E-state index in [1.165, 1.54) is 18.2 Å². The summed E-state index contributed by atoms with van der Waals surface area (Å²) in [5.41, 5.74) is 1.24. The number of aliphatic hydroxyl groups is 1. The van der Waals surface area contributed by atoms with Crippen LogP contribution in [0.1, 0.15) is 11.1 Å². The molecule has 0 fully saturated rings. The van der Waals surface area contributed by atoms with Crippen LogP contribution in [0.15, 0.2) is 23.1 Å². The van der Waals surface area contributed by atoms with Gasteiger partial charge in [0.1, 0.15) is 19.7 Å². The lowest BCUT2D eigenvalue weighted by Crippen LogP contribution is -2.31. The van der Waals surface area contributed by atoms with E-state index in [-0.39, 0.29) is 24.6 Å². The third kappa shape index (κ3) is 4.05. The largest absolute Gasteiger partial charge is 0.384 e. The molecule has 0 spiro atoms. The molecule has 1 aromatic rings. The van der Waals surface area contributed by atoms with Gasteiger partial charge >= 0.3 is 0 Å². The van der Waals surface area contributed by atoms with Gasteiger partial charge in [0.2, 0.25) is 10.0 Å². The number of benzene rings is 1. The number of sulfonamides is 1. The third-order valence-corrected chi connectivity index (χ3v) is 4.42. The van der Waals surface area contributed by atoms with E-state index in [0.717, 1.165) is 4.31 Å². The van der Waals surface area contributed by atoms with Crippen molar-refractivity contribution >= 4 is 10.0 Å². The van der Waals surface area contributed by atoms with Crippen LogP contribution in [0.3, 0.4) is 0 Å². The molecule has 0 aromatic heterocycles. The number of rotatable bonds is 4. The van der Waals surface area contributed by atoms with E-state index in [1.54, 1.807) is 19.1 Å². The average molecular weight is 303 g/mol. The second kappa shape index (κ2) is 7.42. The molecule has 108 valence electrons. The minimum absolute atomic E-state index is 0.0000449. The van der Waals surface area contributed by atoms with Gasteiger partial charge in [-0.05, 0) is 30.7 Å². The predicted octanol–water partition coefficient (Wildman–Crippen LogP) is 0.377. The normalized spacial score (nSPS) is 10.3. The van der Waals surface area contributed by atoms with Gasteiger partial charge in [-0.2, -0.15) is 14.8 Å². The van der Waals surface area contributed by atoms with Gasteiger partial charge in [0.05, 0.1) is 17.0 Å². The molecule has 1 N–H and O–H groups in total. The van der Waals surface area contributed by atoms with Crippen LogP contribution >= 0.6 is 0 Å². The molecular weight excluding hydrogens is 290 g/mol. The van der Waals surface area contributed by atoms with Crippen LogP contribution in [0.25, 0.3) is 0 Å². The van der Waals surface area contributed by atoms with E-state index in [2.05, 4.69) is 11.8 Å². The summed E-state index contributed by atoms with van der Waals surface area (Å²) in [5, 5.41) is 26.0. The third-order valence-electron chi connectivity index (χ3n) is 2.63. The molecule has 0 unspecified atom stereocenters. The molecule has 0 aliphatic carbocycles. The predicted molar refractivity (Wildman–Crippen MR) is 75.1 cm³/mol. The Hall–Kier alpha value is -2.37. The molecule has 21 heavy (non-hydrogen) atoms. The van der Waals surface area contributed by atoms with Gasteiger partial charge in [-0.3, -0.25) is 0 Å². The molecule has 0 radical (unpaired) electrons. The first-order valence-corrected chi connectivity index (χ1v) is 7.35. The van der Waals surface area contributed by atoms with Crippen molar-refractivity contribution in [1.29, 1.82) is 10.5 Å². The number of nitrogens with zero attached hydrogens (tertiary/aromatic N) is 3. The van der Waals surface area contributed by atoms with Crippen LogP contribution in [0, 0.1) is 41.4 Å². The van der Waals surface area contributed by atoms with E-state index in [4.69, 9.17) is 15.6 Å². The van der Waals surface area contributed by atoms with E-state index in [1.807, 2.05) is 0 Å². The summed E-state index contributed by atoms with van der Waals surface area (Å²) in [6, 6.07) is 7.78. The molecule has 6 nitrogen and oxygen atoms in total. The van der Waals surface area contributed by atoms with E-state index >= 15 is 0 Å². The zero-order valence-electron chi connectivity index (χ0n) is 11.4. The molecule has 0 saturated heterocycles. The summed E-state index contributed by atoms with van der Waals surface area (Å²) in [4.78, 5) is 0.0000449. The molecular formula is C14H13N3O3S. The van der Waals surface area contributed by atoms with Gasteiger partial charge in [-0.1, -0.05) is 11.8 Å². The molecule has 0 amide bonds. The number of aliphatic hydroxyl groups excluding tert-OH is 1. The van der Waals surface area contributed by atoms with Crippen LogP contribution in [0.2, 0.25) is 0 Å². The summed E-state index contributed by atoms with van der Waals surface area (Å²) in [6.07, 6.45) is 0. The van der Waals surface area contributed by atoms with Crippen molar-refractivity contribution in [3.8, 4) is 24.0 Å². The maximum absolute atomic E-state index is 12.3. The molecule has 0 aliphatic rings. The maximum Gasteiger partial charge on any atom is 0.244 e. The van der Waals surface area contributed by atoms with Crippen molar-refractivity contribution in [1.82, 2.24) is 4.31 Å². The van der Waals surface area contributed by atoms with Crippen molar-refractivity contribution in [2.75, 3.05) is 19.7 Å². The minimum Gasteiger partial charge on any atom is -0.384 e. The van der Waals surface area contributed by atoms with Crippen LogP contribution in [-0.4, -0.2) is 37.5 Å². The smallest absolute Gasteiger partial charge is 0.244 e. The highest BCUT2D eigenvalue weighted by Crippen LogP contribution is 2.18. The molecule has 7 heteroatoms. The lowest BCUT2D eigenvalue weighted by Gasteiger charge is -2.16. The van der Waals surface area contributed by atoms with Crippen LogP contribution in [0.4, 0.5) is 0 Å². The maximum atomic E-state index is 12.3. The van der Waals surface area contributed by atoms with Crippen molar-refractivity contribution in [2.45, 2.75) is 11.8 Å². The Morgan fingerprint density at radius 1 is 1.24 bits per heavy atom. The fourth-order valence-corrected chi connectivity index (χ4v) is 2.92. The van der Waals surface area contributed by atoms with E-state index < -0.39 is 10.0 Å². The zero-order valence-corrected chi connectivity index (χ0v) is 12.2. The zero-order chi connectivity index (χ0) is 15.9. The molecule has 1 aromatic carbocycles. The van der Waals surface area contributed by atoms with Crippen molar-refractivity contribution in [3.05, 3.63) is 29.3 Å². The van der Waals surface area contributed by atoms with Crippen molar-refractivity contribution < 1.29 is 13.5 Å². The van der Waals surface area contributed by atoms with E-state index in [9.17, 15) is 8.42 Å². The second-order valence-corrected chi connectivity index (χ2v) is 5.96. The van der Waals surface area contributed by atoms with Gasteiger partial charge < -0.3 is 5.11 Å². The SMILES string of the molecule is Cc1cc(S(=O)(=O)N(CC#N)CC#N)ccc1C#CCO. The second-order valence-electron chi connectivity index (χ2n) is 4.03. The number of aryl methyl sites for hydroxylation is 1. The molecule has 0 bridgehead atoms. The van der Waals surface area contributed by atoms with Crippen molar-refractivity contribution in [3.63, 3.8) is 0 Å². The fraction of sp³-hybridized carbons (Fsp3) is 0.286. The van der Waals surface area contributed by atoms with Gasteiger partial charge in [-0.15, -0.1) is 0 Å². The van der Waals surface area contributed by atoms with Crippen LogP contribution in [-0.2, 0) is 10.0 Å². The summed E-state index contributed by atoms with van der Waals surface area (Å²) in [5.74, 6) is 5.19. The summed E-state index contributed by atoms with van der Waals surface area (Å²) >= 11 is 0. The number of hydrogen-bond acceptors (Lipinski definition) is 5. The quantitative estimate of drug-likeness (QED) is 0.639. The topological polar surface area (TPSA) is 105 Å². The first-order valence-electron chi connectivity index (χ1n) is 5.91. The molecule has 0 saturated carbocycles. The molecule has 0 atom stereocenters. The lowest BCUT2D eigenvalue weighted by molar-refractivity contribution is 0.350. The highest BCUT2D eigenvalue weighted by atomic mass is 32.2. The average Bonchev–Trinajstić information content (AvgIpc) is 2.45. The molecule has 1 rings (SSSR count). The van der Waals surface area contributed by atoms with Gasteiger partial charge in [0.15, 0.2) is 0 Å². The number of nitriles is 2. The summed E-state index contributed by atoms with van der Waals surface area (Å²) in [7, 11) is -3.89. The highest BCUT2D eigenvalue weighted by Gasteiger charge is 2.24. The van der Waals surface area contributed by atoms with E-state index in [0.29, 0.717) is 11.1 Å². The minimum atomic E-state index is -3.89. The first-order chi connectivity index (χ1) is 9.97. The fourth-order valence-electron chi connectivity index (χ4n) is 1.60. The Kier molecular flexibility index (Phi) is 5.90. The summed E-state index contributed by atoms with van der Waals surface area (Å²) in [6.45, 7) is 0.638. The Bertz CT molecular complexity index is 745. The first kappa shape index (κ1) is 16.7. The van der Waals surface area contributed by atoms with Gasteiger partial charge in [-0.25, -0.2) is 8.42 Å². The molecule has 0 aliphatic heterocycles. The van der Waals surface area contributed by atoms with Crippen LogP contribution < -0.4 is 0 Å². The monoisotopic (exact) mass is 303 g/mol. The highest BCUT2D eigenvalue weighted by molar-refractivity contribution is 7.89. The Morgan fingerprint density at radius 3 is 2.33 bits per heavy atom. The Morgan fingerprint density at radius 2 is 1.86 bits per heavy atom. The van der Waals surface area contributed by atoms with Gasteiger partial charge in [0, 0.05) is 5.56 Å². The lowest BCUT2D eigenvalue weighted by atomic mass is 10.1. The van der Waals surface area contributed by atoms with Gasteiger partial charge in [0.25, 0.3) is 0 Å². The standard InChI is InChI=1S/C14H13N3O3S/c1-12-11-14(5-4-13(12)3-2-10-18)21(19,20)17(8-6-15)9-7-16/h4-5,11,18H,8-10H2,1H3. The van der Waals surface area contributed by atoms with Crippen LogP contribution in [0.5, 0.6) is 0 Å². The summed E-state index contributed by atoms with van der Waals surface area (Å²) < 4.78 is 25.5. The Labute approximate surface area is 123 Å². The number of hydrogen-bond donors (Lipinski definition) is 1. The Balaban J connectivity index is 3.24. The molecule has 0 heterocycles. The van der Waals surface area contributed by atoms with Crippen molar-refractivity contribution in [2.24, 2.45) is 0 Å².